The van der Waals surface area contributed by atoms with E-state index in [2.05, 4.69) is 15.9 Å². The van der Waals surface area contributed by atoms with Gasteiger partial charge in [-0.2, -0.15) is 5.26 Å². The molecule has 0 saturated heterocycles. The number of rotatable bonds is 2. The molecule has 1 rings (SSSR count). The second-order valence-electron chi connectivity index (χ2n) is 3.04. The predicted molar refractivity (Wildman–Crippen MR) is 61.7 cm³/mol. The zero-order valence-electron chi connectivity index (χ0n) is 8.12. The minimum atomic E-state index is -0.710. The van der Waals surface area contributed by atoms with Crippen molar-refractivity contribution in [2.24, 2.45) is 5.73 Å². The lowest BCUT2D eigenvalue weighted by molar-refractivity contribution is -0.114. The van der Waals surface area contributed by atoms with Crippen molar-refractivity contribution in [1.29, 1.82) is 5.26 Å². The average Bonchev–Trinajstić information content (AvgIpc) is 2.19. The SMILES string of the molecule is Cc1cc(/C=C(/C#N)C(N)=O)ccc1Br. The number of nitriles is 1. The first-order valence-electron chi connectivity index (χ1n) is 4.22. The minimum Gasteiger partial charge on any atom is -0.365 e. The molecule has 0 aliphatic heterocycles. The van der Waals surface area contributed by atoms with Crippen molar-refractivity contribution >= 4 is 27.9 Å². The topological polar surface area (TPSA) is 66.9 Å². The molecular formula is C11H9BrN2O. The van der Waals surface area contributed by atoms with Crippen molar-refractivity contribution < 1.29 is 4.79 Å². The maximum Gasteiger partial charge on any atom is 0.259 e. The van der Waals surface area contributed by atoms with Crippen LogP contribution in [-0.2, 0) is 4.79 Å². The molecule has 0 fully saturated rings. The molecule has 3 nitrogen and oxygen atoms in total. The van der Waals surface area contributed by atoms with Gasteiger partial charge in [0.05, 0.1) is 0 Å². The Hall–Kier alpha value is -1.60. The van der Waals surface area contributed by atoms with Crippen LogP contribution in [0.25, 0.3) is 6.08 Å². The standard InChI is InChI=1S/C11H9BrN2O/c1-7-4-8(2-3-10(7)12)5-9(6-13)11(14)15/h2-5H,1H3,(H2,14,15)/b9-5-. The Bertz CT molecular complexity index is 472. The molecule has 2 N–H and O–H groups in total. The lowest BCUT2D eigenvalue weighted by Gasteiger charge is -1.99. The summed E-state index contributed by atoms with van der Waals surface area (Å²) in [6.45, 7) is 1.93. The predicted octanol–water partition coefficient (Wildman–Crippen LogP) is 2.15. The Labute approximate surface area is 96.3 Å². The van der Waals surface area contributed by atoms with Gasteiger partial charge in [0, 0.05) is 4.47 Å². The number of benzene rings is 1. The van der Waals surface area contributed by atoms with Gasteiger partial charge in [-0.05, 0) is 30.2 Å². The molecule has 0 aromatic heterocycles. The van der Waals surface area contributed by atoms with Crippen LogP contribution in [0.15, 0.2) is 28.2 Å². The second kappa shape index (κ2) is 4.76. The monoisotopic (exact) mass is 264 g/mol. The fraction of sp³-hybridized carbons (Fsp3) is 0.0909. The molecule has 1 amide bonds. The Morgan fingerprint density at radius 1 is 1.60 bits per heavy atom. The van der Waals surface area contributed by atoms with Gasteiger partial charge >= 0.3 is 0 Å². The number of halogens is 1. The summed E-state index contributed by atoms with van der Waals surface area (Å²) < 4.78 is 0.984. The molecule has 0 unspecified atom stereocenters. The smallest absolute Gasteiger partial charge is 0.259 e. The van der Waals surface area contributed by atoms with Crippen molar-refractivity contribution in [3.8, 4) is 6.07 Å². The summed E-state index contributed by atoms with van der Waals surface area (Å²) in [6, 6.07) is 7.29. The molecule has 76 valence electrons. The molecular weight excluding hydrogens is 256 g/mol. The summed E-state index contributed by atoms with van der Waals surface area (Å²) in [5.74, 6) is -0.710. The van der Waals surface area contributed by atoms with E-state index in [1.54, 1.807) is 12.1 Å². The van der Waals surface area contributed by atoms with E-state index in [1.807, 2.05) is 19.1 Å². The summed E-state index contributed by atoms with van der Waals surface area (Å²) >= 11 is 3.36. The Balaban J connectivity index is 3.14. The van der Waals surface area contributed by atoms with Crippen molar-refractivity contribution in [2.75, 3.05) is 0 Å². The molecule has 0 heterocycles. The highest BCUT2D eigenvalue weighted by molar-refractivity contribution is 9.10. The van der Waals surface area contributed by atoms with Gasteiger partial charge in [-0.25, -0.2) is 0 Å². The molecule has 0 spiro atoms. The largest absolute Gasteiger partial charge is 0.365 e. The minimum absolute atomic E-state index is 0.0447. The first-order valence-corrected chi connectivity index (χ1v) is 5.01. The number of amides is 1. The summed E-state index contributed by atoms with van der Waals surface area (Å²) in [5.41, 5.74) is 6.80. The van der Waals surface area contributed by atoms with E-state index in [1.165, 1.54) is 6.08 Å². The lowest BCUT2D eigenvalue weighted by Crippen LogP contribution is -2.12. The molecule has 4 heteroatoms. The molecule has 1 aromatic carbocycles. The Kier molecular flexibility index (Phi) is 3.64. The van der Waals surface area contributed by atoms with Crippen molar-refractivity contribution in [1.82, 2.24) is 0 Å². The van der Waals surface area contributed by atoms with Crippen molar-refractivity contribution in [3.05, 3.63) is 39.4 Å². The van der Waals surface area contributed by atoms with Crippen LogP contribution in [0.2, 0.25) is 0 Å². The van der Waals surface area contributed by atoms with Gasteiger partial charge in [0.25, 0.3) is 5.91 Å². The molecule has 1 aromatic rings. The van der Waals surface area contributed by atoms with E-state index in [0.29, 0.717) is 0 Å². The molecule has 0 atom stereocenters. The maximum atomic E-state index is 10.8. The van der Waals surface area contributed by atoms with Gasteiger partial charge in [-0.15, -0.1) is 0 Å². The molecule has 0 saturated carbocycles. The number of carbonyl (C=O) groups is 1. The van der Waals surface area contributed by atoms with Crippen LogP contribution in [0.5, 0.6) is 0 Å². The third kappa shape index (κ3) is 2.93. The number of aryl methyl sites for hydroxylation is 1. The van der Waals surface area contributed by atoms with Crippen molar-refractivity contribution in [3.63, 3.8) is 0 Å². The van der Waals surface area contributed by atoms with Gasteiger partial charge < -0.3 is 5.73 Å². The van der Waals surface area contributed by atoms with Crippen LogP contribution in [0.1, 0.15) is 11.1 Å². The molecule has 0 radical (unpaired) electrons. The fourth-order valence-electron chi connectivity index (χ4n) is 1.08. The zero-order chi connectivity index (χ0) is 11.4. The number of nitrogens with two attached hydrogens (primary N) is 1. The highest BCUT2D eigenvalue weighted by Crippen LogP contribution is 2.18. The van der Waals surface area contributed by atoms with Crippen LogP contribution in [0, 0.1) is 18.3 Å². The highest BCUT2D eigenvalue weighted by atomic mass is 79.9. The quantitative estimate of drug-likeness (QED) is 0.657. The van der Waals surface area contributed by atoms with E-state index in [-0.39, 0.29) is 5.57 Å². The van der Waals surface area contributed by atoms with Crippen LogP contribution in [-0.4, -0.2) is 5.91 Å². The second-order valence-corrected chi connectivity index (χ2v) is 3.90. The Morgan fingerprint density at radius 3 is 2.73 bits per heavy atom. The third-order valence-corrected chi connectivity index (χ3v) is 2.77. The molecule has 0 aliphatic carbocycles. The summed E-state index contributed by atoms with van der Waals surface area (Å²) in [7, 11) is 0. The van der Waals surface area contributed by atoms with Gasteiger partial charge in [-0.3, -0.25) is 4.79 Å². The fourth-order valence-corrected chi connectivity index (χ4v) is 1.33. The number of carbonyl (C=O) groups excluding carboxylic acids is 1. The highest BCUT2D eigenvalue weighted by Gasteiger charge is 2.03. The number of hydrogen-bond acceptors (Lipinski definition) is 2. The number of hydrogen-bond donors (Lipinski definition) is 1. The average molecular weight is 265 g/mol. The first kappa shape index (κ1) is 11.5. The third-order valence-electron chi connectivity index (χ3n) is 1.88. The van der Waals surface area contributed by atoms with E-state index < -0.39 is 5.91 Å². The first-order chi connectivity index (χ1) is 7.04. The van der Waals surface area contributed by atoms with Crippen LogP contribution < -0.4 is 5.73 Å². The van der Waals surface area contributed by atoms with Gasteiger partial charge in [0.15, 0.2) is 0 Å². The number of nitrogens with zero attached hydrogens (tertiary/aromatic N) is 1. The molecule has 0 aliphatic rings. The van der Waals surface area contributed by atoms with Gasteiger partial charge in [-0.1, -0.05) is 28.1 Å². The molecule has 15 heavy (non-hydrogen) atoms. The van der Waals surface area contributed by atoms with Gasteiger partial charge in [0.1, 0.15) is 11.6 Å². The number of primary amides is 1. The Morgan fingerprint density at radius 2 is 2.27 bits per heavy atom. The summed E-state index contributed by atoms with van der Waals surface area (Å²) in [6.07, 6.45) is 1.47. The summed E-state index contributed by atoms with van der Waals surface area (Å²) in [5, 5.41) is 8.65. The molecule has 0 bridgehead atoms. The maximum absolute atomic E-state index is 10.8. The van der Waals surface area contributed by atoms with Crippen LogP contribution in [0.4, 0.5) is 0 Å². The van der Waals surface area contributed by atoms with E-state index in [4.69, 9.17) is 11.0 Å². The van der Waals surface area contributed by atoms with Crippen LogP contribution in [0.3, 0.4) is 0 Å². The van der Waals surface area contributed by atoms with E-state index in [9.17, 15) is 4.79 Å². The summed E-state index contributed by atoms with van der Waals surface area (Å²) in [4.78, 5) is 10.8. The zero-order valence-corrected chi connectivity index (χ0v) is 9.71. The van der Waals surface area contributed by atoms with E-state index in [0.717, 1.165) is 15.6 Å². The van der Waals surface area contributed by atoms with Crippen molar-refractivity contribution in [2.45, 2.75) is 6.92 Å². The lowest BCUT2D eigenvalue weighted by atomic mass is 10.1. The van der Waals surface area contributed by atoms with E-state index >= 15 is 0 Å². The van der Waals surface area contributed by atoms with Gasteiger partial charge in [0.2, 0.25) is 0 Å². The van der Waals surface area contributed by atoms with Crippen LogP contribution >= 0.6 is 15.9 Å². The normalized spacial score (nSPS) is 10.9.